The molecule has 34 heavy (non-hydrogen) atoms. The monoisotopic (exact) mass is 456 g/mol. The number of ether oxygens (including phenoxy) is 2. The first kappa shape index (κ1) is 21.6. The van der Waals surface area contributed by atoms with Gasteiger partial charge in [-0.3, -0.25) is 9.59 Å². The van der Waals surface area contributed by atoms with Crippen LogP contribution < -0.4 is 14.4 Å². The molecule has 2 fully saturated rings. The lowest BCUT2D eigenvalue weighted by Crippen LogP contribution is -2.48. The second-order valence-electron chi connectivity index (χ2n) is 8.32. The fourth-order valence-corrected chi connectivity index (χ4v) is 4.43. The number of likely N-dealkylation sites (tertiary alicyclic amines) is 1. The molecule has 2 atom stereocenters. The minimum absolute atomic E-state index is 0.0521. The van der Waals surface area contributed by atoms with Crippen LogP contribution in [0.2, 0.25) is 0 Å². The summed E-state index contributed by atoms with van der Waals surface area (Å²) in [6.07, 6.45) is 3.72. The van der Waals surface area contributed by atoms with E-state index >= 15 is 0 Å². The largest absolute Gasteiger partial charge is 0.457 e. The van der Waals surface area contributed by atoms with Crippen molar-refractivity contribution in [1.82, 2.24) is 14.9 Å². The third kappa shape index (κ3) is 4.22. The van der Waals surface area contributed by atoms with Crippen LogP contribution in [-0.4, -0.2) is 51.7 Å². The SMILES string of the molecule is C=CC(=O)N1C[C@@H]2C[C@H]1CN2c1ncc(C(C)=O)c(Oc2ccc(Oc3ccccc3)cc2)n1. The Hall–Kier alpha value is -4.20. The molecule has 5 rings (SSSR count). The molecule has 2 saturated heterocycles. The van der Waals surface area contributed by atoms with Gasteiger partial charge < -0.3 is 19.3 Å². The second-order valence-corrected chi connectivity index (χ2v) is 8.32. The molecular formula is C26H24N4O4. The predicted molar refractivity (Wildman–Crippen MR) is 127 cm³/mol. The number of carbonyl (C=O) groups is 2. The van der Waals surface area contributed by atoms with E-state index in [1.54, 1.807) is 24.3 Å². The van der Waals surface area contributed by atoms with Crippen molar-refractivity contribution in [3.63, 3.8) is 0 Å². The van der Waals surface area contributed by atoms with E-state index in [9.17, 15) is 9.59 Å². The average molecular weight is 457 g/mol. The number of aromatic nitrogens is 2. The van der Waals surface area contributed by atoms with Crippen molar-refractivity contribution in [2.75, 3.05) is 18.0 Å². The molecule has 0 unspecified atom stereocenters. The van der Waals surface area contributed by atoms with Gasteiger partial charge in [0.1, 0.15) is 17.2 Å². The highest BCUT2D eigenvalue weighted by molar-refractivity contribution is 5.96. The molecule has 3 aromatic rings. The molecule has 3 heterocycles. The molecule has 2 aliphatic heterocycles. The van der Waals surface area contributed by atoms with Crippen molar-refractivity contribution < 1.29 is 19.1 Å². The third-order valence-corrected chi connectivity index (χ3v) is 6.09. The zero-order valence-corrected chi connectivity index (χ0v) is 18.8. The minimum atomic E-state index is -0.184. The molecule has 0 N–H and O–H groups in total. The first-order valence-corrected chi connectivity index (χ1v) is 11.1. The smallest absolute Gasteiger partial charge is 0.246 e. The number of carbonyl (C=O) groups excluding carboxylic acids is 2. The summed E-state index contributed by atoms with van der Waals surface area (Å²) in [5.74, 6) is 2.39. The Morgan fingerprint density at radius 3 is 2.26 bits per heavy atom. The molecule has 0 saturated carbocycles. The average Bonchev–Trinajstić information content (AvgIpc) is 3.47. The van der Waals surface area contributed by atoms with Crippen molar-refractivity contribution in [2.45, 2.75) is 25.4 Å². The van der Waals surface area contributed by atoms with E-state index in [0.29, 0.717) is 36.1 Å². The summed E-state index contributed by atoms with van der Waals surface area (Å²) in [4.78, 5) is 37.1. The number of anilines is 1. The van der Waals surface area contributed by atoms with Crippen LogP contribution >= 0.6 is 0 Å². The first-order chi connectivity index (χ1) is 16.5. The van der Waals surface area contributed by atoms with Crippen LogP contribution in [0.4, 0.5) is 5.95 Å². The number of hydrogen-bond acceptors (Lipinski definition) is 7. The summed E-state index contributed by atoms with van der Waals surface area (Å²) in [6, 6.07) is 16.8. The standard InChI is InChI=1S/C26H24N4O4/c1-3-24(32)29-15-19-13-18(29)16-30(19)26-27-14-23(17(2)31)25(28-26)34-22-11-9-21(10-12-22)33-20-7-5-4-6-8-20/h3-12,14,18-19H,1,13,15-16H2,2H3/t18-,19-/m0/s1. The lowest BCUT2D eigenvalue weighted by Gasteiger charge is -2.33. The molecule has 0 aliphatic carbocycles. The van der Waals surface area contributed by atoms with Crippen LogP contribution in [0.25, 0.3) is 0 Å². The van der Waals surface area contributed by atoms with Crippen LogP contribution in [0.1, 0.15) is 23.7 Å². The van der Waals surface area contributed by atoms with Crippen LogP contribution in [0.3, 0.4) is 0 Å². The van der Waals surface area contributed by atoms with E-state index in [1.165, 1.54) is 19.2 Å². The van der Waals surface area contributed by atoms with Crippen LogP contribution in [0, 0.1) is 0 Å². The van der Waals surface area contributed by atoms with Gasteiger partial charge in [-0.1, -0.05) is 24.8 Å². The van der Waals surface area contributed by atoms with Gasteiger partial charge in [-0.2, -0.15) is 4.98 Å². The van der Waals surface area contributed by atoms with E-state index in [1.807, 2.05) is 35.2 Å². The summed E-state index contributed by atoms with van der Waals surface area (Å²) < 4.78 is 11.8. The third-order valence-electron chi connectivity index (χ3n) is 6.09. The molecule has 2 aliphatic rings. The quantitative estimate of drug-likeness (QED) is 0.388. The number of para-hydroxylation sites is 1. The van der Waals surface area contributed by atoms with Gasteiger partial charge in [0.25, 0.3) is 0 Å². The Kier molecular flexibility index (Phi) is 5.71. The van der Waals surface area contributed by atoms with Crippen LogP contribution in [0.5, 0.6) is 23.1 Å². The molecular weight excluding hydrogens is 432 g/mol. The van der Waals surface area contributed by atoms with Crippen molar-refractivity contribution in [3.05, 3.63) is 79.0 Å². The Bertz CT molecular complexity index is 1230. The summed E-state index contributed by atoms with van der Waals surface area (Å²) in [7, 11) is 0. The minimum Gasteiger partial charge on any atom is -0.457 e. The van der Waals surface area contributed by atoms with Gasteiger partial charge in [-0.15, -0.1) is 0 Å². The maximum Gasteiger partial charge on any atom is 0.246 e. The summed E-state index contributed by atoms with van der Waals surface area (Å²) in [6.45, 7) is 6.28. The van der Waals surface area contributed by atoms with Gasteiger partial charge in [0.05, 0.1) is 17.6 Å². The van der Waals surface area contributed by atoms with Gasteiger partial charge in [0.15, 0.2) is 5.78 Å². The zero-order chi connectivity index (χ0) is 23.7. The molecule has 2 aromatic carbocycles. The van der Waals surface area contributed by atoms with Gasteiger partial charge in [0.2, 0.25) is 17.7 Å². The molecule has 2 bridgehead atoms. The van der Waals surface area contributed by atoms with Gasteiger partial charge in [0, 0.05) is 19.3 Å². The molecule has 1 amide bonds. The molecule has 1 aromatic heterocycles. The maximum absolute atomic E-state index is 12.2. The maximum atomic E-state index is 12.2. The van der Waals surface area contributed by atoms with Crippen LogP contribution in [0.15, 0.2) is 73.4 Å². The van der Waals surface area contributed by atoms with E-state index < -0.39 is 0 Å². The number of ketones is 1. The predicted octanol–water partition coefficient (Wildman–Crippen LogP) is 4.24. The number of hydrogen-bond donors (Lipinski definition) is 0. The van der Waals surface area contributed by atoms with E-state index in [4.69, 9.17) is 9.47 Å². The van der Waals surface area contributed by atoms with Crippen molar-refractivity contribution in [3.8, 4) is 23.1 Å². The Morgan fingerprint density at radius 2 is 1.65 bits per heavy atom. The number of amides is 1. The number of benzene rings is 2. The number of nitrogens with zero attached hydrogens (tertiary/aromatic N) is 4. The van der Waals surface area contributed by atoms with E-state index in [0.717, 1.165) is 12.2 Å². The van der Waals surface area contributed by atoms with E-state index in [-0.39, 0.29) is 29.7 Å². The van der Waals surface area contributed by atoms with Crippen molar-refractivity contribution in [2.24, 2.45) is 0 Å². The fourth-order valence-electron chi connectivity index (χ4n) is 4.43. The summed E-state index contributed by atoms with van der Waals surface area (Å²) in [5, 5.41) is 0. The normalized spacial score (nSPS) is 18.6. The summed E-state index contributed by atoms with van der Waals surface area (Å²) >= 11 is 0. The molecule has 8 nitrogen and oxygen atoms in total. The molecule has 0 radical (unpaired) electrons. The van der Waals surface area contributed by atoms with Crippen molar-refractivity contribution in [1.29, 1.82) is 0 Å². The molecule has 0 spiro atoms. The lowest BCUT2D eigenvalue weighted by molar-refractivity contribution is -0.127. The fraction of sp³-hybridized carbons (Fsp3) is 0.231. The Balaban J connectivity index is 1.34. The second kappa shape index (κ2) is 8.97. The number of rotatable bonds is 7. The first-order valence-electron chi connectivity index (χ1n) is 11.1. The number of piperazine rings is 1. The summed E-state index contributed by atoms with van der Waals surface area (Å²) in [5.41, 5.74) is 0.307. The van der Waals surface area contributed by atoms with Crippen molar-refractivity contribution >= 4 is 17.6 Å². The Labute approximate surface area is 197 Å². The highest BCUT2D eigenvalue weighted by Crippen LogP contribution is 2.35. The number of fused-ring (bicyclic) bond motifs is 2. The van der Waals surface area contributed by atoms with Gasteiger partial charge in [-0.05, 0) is 55.8 Å². The topological polar surface area (TPSA) is 84.9 Å². The highest BCUT2D eigenvalue weighted by atomic mass is 16.5. The highest BCUT2D eigenvalue weighted by Gasteiger charge is 2.45. The van der Waals surface area contributed by atoms with Gasteiger partial charge >= 0.3 is 0 Å². The Morgan fingerprint density at radius 1 is 0.971 bits per heavy atom. The van der Waals surface area contributed by atoms with Crippen LogP contribution in [-0.2, 0) is 4.79 Å². The van der Waals surface area contributed by atoms with E-state index in [2.05, 4.69) is 21.4 Å². The molecule has 172 valence electrons. The molecule has 8 heteroatoms. The van der Waals surface area contributed by atoms with Gasteiger partial charge in [-0.25, -0.2) is 4.98 Å². The lowest BCUT2D eigenvalue weighted by atomic mass is 10.2. The zero-order valence-electron chi connectivity index (χ0n) is 18.8. The number of Topliss-reactive ketones (excluding diaryl/α,β-unsaturated/α-hetero) is 1.